The summed E-state index contributed by atoms with van der Waals surface area (Å²) in [5.41, 5.74) is 0. The van der Waals surface area contributed by atoms with Gasteiger partial charge in [0.2, 0.25) is 5.91 Å². The first-order valence-electron chi connectivity index (χ1n) is 4.58. The van der Waals surface area contributed by atoms with Crippen molar-refractivity contribution >= 4 is 5.91 Å². The highest BCUT2D eigenvalue weighted by molar-refractivity contribution is 5.74. The molecule has 2 saturated heterocycles. The summed E-state index contributed by atoms with van der Waals surface area (Å²) in [7, 11) is 0. The minimum Gasteiger partial charge on any atom is -0.337 e. The van der Waals surface area contributed by atoms with E-state index in [9.17, 15) is 4.79 Å². The molecule has 2 unspecified atom stereocenters. The van der Waals surface area contributed by atoms with E-state index in [-0.39, 0.29) is 5.91 Å². The maximum Gasteiger partial charge on any atom is 0.219 e. The second-order valence-electron chi connectivity index (χ2n) is 3.74. The quantitative estimate of drug-likeness (QED) is 0.517. The van der Waals surface area contributed by atoms with Gasteiger partial charge in [-0.2, -0.15) is 0 Å². The maximum atomic E-state index is 11.2. The van der Waals surface area contributed by atoms with Gasteiger partial charge in [0.15, 0.2) is 0 Å². The molecule has 2 aliphatic heterocycles. The van der Waals surface area contributed by atoms with E-state index in [2.05, 4.69) is 4.90 Å². The summed E-state index contributed by atoms with van der Waals surface area (Å²) >= 11 is 0. The summed E-state index contributed by atoms with van der Waals surface area (Å²) in [5, 5.41) is 0. The molecule has 2 aliphatic rings. The molecule has 11 heavy (non-hydrogen) atoms. The van der Waals surface area contributed by atoms with Crippen LogP contribution in [-0.2, 0) is 4.79 Å². The molecule has 2 bridgehead atoms. The van der Waals surface area contributed by atoms with Gasteiger partial charge in [0, 0.05) is 19.0 Å². The number of amides is 1. The molecule has 0 aromatic rings. The van der Waals surface area contributed by atoms with E-state index in [0.29, 0.717) is 12.1 Å². The Labute approximate surface area is 67.6 Å². The fraction of sp³-hybridized carbons (Fsp3) is 0.889. The molecule has 1 amide bonds. The molecule has 2 heteroatoms. The molecule has 2 fully saturated rings. The van der Waals surface area contributed by atoms with E-state index in [1.54, 1.807) is 6.92 Å². The number of carbonyl (C=O) groups excluding carboxylic acids is 1. The Bertz CT molecular complexity index is 162. The van der Waals surface area contributed by atoms with E-state index < -0.39 is 0 Å². The largest absolute Gasteiger partial charge is 0.337 e. The topological polar surface area (TPSA) is 20.3 Å². The van der Waals surface area contributed by atoms with Crippen molar-refractivity contribution in [3.63, 3.8) is 0 Å². The van der Waals surface area contributed by atoms with Crippen LogP contribution in [0.1, 0.15) is 39.0 Å². The zero-order chi connectivity index (χ0) is 7.84. The molecule has 62 valence electrons. The average Bonchev–Trinajstić information content (AvgIpc) is 2.23. The van der Waals surface area contributed by atoms with Gasteiger partial charge in [-0.1, -0.05) is 0 Å². The molecule has 0 radical (unpaired) electrons. The number of hydrogen-bond donors (Lipinski definition) is 0. The lowest BCUT2D eigenvalue weighted by molar-refractivity contribution is -0.133. The van der Waals surface area contributed by atoms with Crippen molar-refractivity contribution in [2.75, 3.05) is 0 Å². The van der Waals surface area contributed by atoms with E-state index >= 15 is 0 Å². The highest BCUT2D eigenvalue weighted by Gasteiger charge is 2.37. The van der Waals surface area contributed by atoms with Crippen molar-refractivity contribution in [2.24, 2.45) is 0 Å². The standard InChI is InChI=1S/C9H15NO/c1-7(11)10-8-3-2-4-9(10)6-5-8/h8-9H,2-6H2,1H3. The van der Waals surface area contributed by atoms with E-state index in [1.165, 1.54) is 32.1 Å². The molecule has 0 aromatic heterocycles. The van der Waals surface area contributed by atoms with Gasteiger partial charge in [-0.15, -0.1) is 0 Å². The van der Waals surface area contributed by atoms with E-state index in [0.717, 1.165) is 0 Å². The normalized spacial score (nSPS) is 35.9. The minimum absolute atomic E-state index is 0.289. The second-order valence-corrected chi connectivity index (χ2v) is 3.74. The summed E-state index contributed by atoms with van der Waals surface area (Å²) in [6, 6.07) is 1.21. The lowest BCUT2D eigenvalue weighted by atomic mass is 10.0. The Morgan fingerprint density at radius 2 is 1.73 bits per heavy atom. The molecular weight excluding hydrogens is 138 g/mol. The van der Waals surface area contributed by atoms with Crippen molar-refractivity contribution in [3.8, 4) is 0 Å². The molecule has 0 aromatic carbocycles. The fourth-order valence-electron chi connectivity index (χ4n) is 2.63. The van der Waals surface area contributed by atoms with Crippen LogP contribution >= 0.6 is 0 Å². The molecule has 2 atom stereocenters. The molecule has 2 nitrogen and oxygen atoms in total. The van der Waals surface area contributed by atoms with Gasteiger partial charge in [-0.25, -0.2) is 0 Å². The van der Waals surface area contributed by atoms with Crippen molar-refractivity contribution in [1.82, 2.24) is 4.90 Å². The zero-order valence-corrected chi connectivity index (χ0v) is 7.05. The van der Waals surface area contributed by atoms with Gasteiger partial charge in [0.1, 0.15) is 0 Å². The van der Waals surface area contributed by atoms with Crippen molar-refractivity contribution in [1.29, 1.82) is 0 Å². The van der Waals surface area contributed by atoms with Gasteiger partial charge in [-0.05, 0) is 32.1 Å². The molecule has 0 aliphatic carbocycles. The van der Waals surface area contributed by atoms with Crippen molar-refractivity contribution < 1.29 is 4.79 Å². The Balaban J connectivity index is 2.15. The first-order valence-corrected chi connectivity index (χ1v) is 4.58. The van der Waals surface area contributed by atoms with Gasteiger partial charge in [-0.3, -0.25) is 4.79 Å². The van der Waals surface area contributed by atoms with Crippen LogP contribution in [0.4, 0.5) is 0 Å². The summed E-state index contributed by atoms with van der Waals surface area (Å²) in [5.74, 6) is 0.289. The monoisotopic (exact) mass is 153 g/mol. The zero-order valence-electron chi connectivity index (χ0n) is 7.05. The Morgan fingerprint density at radius 3 is 2.09 bits per heavy atom. The number of hydrogen-bond acceptors (Lipinski definition) is 1. The predicted octanol–water partition coefficient (Wildman–Crippen LogP) is 1.55. The number of nitrogens with zero attached hydrogens (tertiary/aromatic N) is 1. The van der Waals surface area contributed by atoms with Gasteiger partial charge < -0.3 is 4.90 Å². The smallest absolute Gasteiger partial charge is 0.219 e. The molecule has 0 saturated carbocycles. The van der Waals surface area contributed by atoms with Crippen LogP contribution in [0.15, 0.2) is 0 Å². The fourth-order valence-corrected chi connectivity index (χ4v) is 2.63. The Hall–Kier alpha value is -0.530. The summed E-state index contributed by atoms with van der Waals surface area (Å²) in [6.45, 7) is 1.70. The Kier molecular flexibility index (Phi) is 1.63. The second kappa shape index (κ2) is 2.50. The Morgan fingerprint density at radius 1 is 1.18 bits per heavy atom. The van der Waals surface area contributed by atoms with Gasteiger partial charge >= 0.3 is 0 Å². The first-order chi connectivity index (χ1) is 5.29. The van der Waals surface area contributed by atoms with Crippen LogP contribution < -0.4 is 0 Å². The van der Waals surface area contributed by atoms with Gasteiger partial charge in [0.05, 0.1) is 0 Å². The van der Waals surface area contributed by atoms with E-state index in [1.807, 2.05) is 0 Å². The minimum atomic E-state index is 0.289. The van der Waals surface area contributed by atoms with Crippen LogP contribution in [0, 0.1) is 0 Å². The third kappa shape index (κ3) is 1.05. The summed E-state index contributed by atoms with van der Waals surface area (Å²) in [6.07, 6.45) is 6.33. The van der Waals surface area contributed by atoms with Crippen LogP contribution in [0.5, 0.6) is 0 Å². The number of fused-ring (bicyclic) bond motifs is 2. The number of rotatable bonds is 0. The summed E-state index contributed by atoms with van der Waals surface area (Å²) < 4.78 is 0. The molecule has 2 rings (SSSR count). The molecule has 2 heterocycles. The lowest BCUT2D eigenvalue weighted by Gasteiger charge is -2.33. The average molecular weight is 153 g/mol. The van der Waals surface area contributed by atoms with Crippen LogP contribution in [0.25, 0.3) is 0 Å². The van der Waals surface area contributed by atoms with Crippen LogP contribution in [0.3, 0.4) is 0 Å². The number of carbonyl (C=O) groups is 1. The number of piperidine rings is 1. The lowest BCUT2D eigenvalue weighted by Crippen LogP contribution is -2.42. The molecular formula is C9H15NO. The highest BCUT2D eigenvalue weighted by atomic mass is 16.2. The van der Waals surface area contributed by atoms with Crippen LogP contribution in [0.2, 0.25) is 0 Å². The first kappa shape index (κ1) is 7.14. The maximum absolute atomic E-state index is 11.2. The predicted molar refractivity (Wildman–Crippen MR) is 43.2 cm³/mol. The SMILES string of the molecule is CC(=O)N1C2CCCC1CC2. The van der Waals surface area contributed by atoms with Crippen molar-refractivity contribution in [2.45, 2.75) is 51.1 Å². The third-order valence-electron chi connectivity index (χ3n) is 3.06. The summed E-state index contributed by atoms with van der Waals surface area (Å²) in [4.78, 5) is 13.3. The van der Waals surface area contributed by atoms with Crippen LogP contribution in [-0.4, -0.2) is 22.9 Å². The third-order valence-corrected chi connectivity index (χ3v) is 3.06. The highest BCUT2D eigenvalue weighted by Crippen LogP contribution is 2.35. The molecule has 0 N–H and O–H groups in total. The van der Waals surface area contributed by atoms with Gasteiger partial charge in [0.25, 0.3) is 0 Å². The molecule has 0 spiro atoms. The van der Waals surface area contributed by atoms with E-state index in [4.69, 9.17) is 0 Å². The van der Waals surface area contributed by atoms with Crippen molar-refractivity contribution in [3.05, 3.63) is 0 Å².